The molecule has 1 saturated heterocycles. The first kappa shape index (κ1) is 22.5. The van der Waals surface area contributed by atoms with Gasteiger partial charge in [-0.1, -0.05) is 12.1 Å². The number of piperidine rings is 1. The molecular formula is C25H27N3O5. The molecule has 3 amide bonds. The lowest BCUT2D eigenvalue weighted by Gasteiger charge is -2.39. The van der Waals surface area contributed by atoms with Crippen LogP contribution in [0, 0.1) is 0 Å². The molecule has 8 nitrogen and oxygen atoms in total. The van der Waals surface area contributed by atoms with Gasteiger partial charge in [-0.15, -0.1) is 0 Å². The van der Waals surface area contributed by atoms with Crippen molar-refractivity contribution in [2.75, 3.05) is 13.7 Å². The van der Waals surface area contributed by atoms with E-state index < -0.39 is 11.8 Å². The minimum absolute atomic E-state index is 0.0481. The quantitative estimate of drug-likeness (QED) is 0.498. The Morgan fingerprint density at radius 1 is 1.03 bits per heavy atom. The average Bonchev–Trinajstić information content (AvgIpc) is 3.06. The Morgan fingerprint density at radius 3 is 2.27 bits per heavy atom. The van der Waals surface area contributed by atoms with Crippen molar-refractivity contribution in [2.45, 2.75) is 45.2 Å². The number of hydrogen-bond acceptors (Lipinski definition) is 6. The number of hydrazone groups is 1. The van der Waals surface area contributed by atoms with Gasteiger partial charge in [0.2, 0.25) is 0 Å². The van der Waals surface area contributed by atoms with Crippen LogP contribution >= 0.6 is 0 Å². The lowest BCUT2D eigenvalue weighted by Crippen LogP contribution is -2.49. The summed E-state index contributed by atoms with van der Waals surface area (Å²) in [7, 11) is 1.50. The minimum Gasteiger partial charge on any atom is -0.493 e. The first-order chi connectivity index (χ1) is 15.9. The number of benzene rings is 2. The number of carbonyl (C=O) groups excluding carboxylic acids is 3. The van der Waals surface area contributed by atoms with Gasteiger partial charge in [-0.3, -0.25) is 14.4 Å². The predicted octanol–water partition coefficient (Wildman–Crippen LogP) is 3.49. The number of nitrogens with zero attached hydrogens (tertiary/aromatic N) is 3. The van der Waals surface area contributed by atoms with E-state index in [1.54, 1.807) is 42.5 Å². The Balaban J connectivity index is 1.44. The standard InChI is InChI=1S/C25H27N3O5/c1-16-7-6-8-17(2)27(16)23(29)15-33-21-12-11-18(13-22(21)32-3)14-26-28-24(30)19-9-4-5-10-20(19)25(28)31/h4-5,9-14,16-17H,6-8,15H2,1-3H3/b26-14+. The third kappa shape index (κ3) is 4.46. The monoisotopic (exact) mass is 449 g/mol. The zero-order valence-electron chi connectivity index (χ0n) is 19.0. The molecule has 2 atom stereocenters. The Bertz CT molecular complexity index is 1070. The van der Waals surface area contributed by atoms with Gasteiger partial charge in [-0.05, 0) is 69.0 Å². The first-order valence-electron chi connectivity index (χ1n) is 11.0. The van der Waals surface area contributed by atoms with Crippen LogP contribution in [-0.2, 0) is 4.79 Å². The maximum Gasteiger partial charge on any atom is 0.282 e. The highest BCUT2D eigenvalue weighted by Gasteiger charge is 2.35. The van der Waals surface area contributed by atoms with E-state index in [4.69, 9.17) is 9.47 Å². The maximum absolute atomic E-state index is 12.7. The summed E-state index contributed by atoms with van der Waals surface area (Å²) in [5.41, 5.74) is 1.28. The van der Waals surface area contributed by atoms with E-state index in [0.717, 1.165) is 24.3 Å². The van der Waals surface area contributed by atoms with E-state index >= 15 is 0 Å². The fourth-order valence-corrected chi connectivity index (χ4v) is 4.42. The number of likely N-dealkylation sites (tertiary alicyclic amines) is 1. The molecule has 0 aliphatic carbocycles. The molecule has 0 saturated carbocycles. The highest BCUT2D eigenvalue weighted by Crippen LogP contribution is 2.29. The Hall–Kier alpha value is -3.68. The molecule has 33 heavy (non-hydrogen) atoms. The molecule has 1 fully saturated rings. The van der Waals surface area contributed by atoms with E-state index in [-0.39, 0.29) is 24.6 Å². The molecule has 2 aromatic rings. The minimum atomic E-state index is -0.460. The average molecular weight is 450 g/mol. The molecule has 8 heteroatoms. The molecule has 0 aromatic heterocycles. The number of rotatable bonds is 6. The van der Waals surface area contributed by atoms with Gasteiger partial charge < -0.3 is 14.4 Å². The number of imide groups is 1. The second kappa shape index (κ2) is 9.44. The SMILES string of the molecule is COc1cc(/C=N/N2C(=O)c3ccccc3C2=O)ccc1OCC(=O)N1C(C)CCCC1C. The second-order valence-electron chi connectivity index (χ2n) is 8.34. The molecular weight excluding hydrogens is 422 g/mol. The van der Waals surface area contributed by atoms with Crippen molar-refractivity contribution in [1.82, 2.24) is 9.91 Å². The molecule has 2 unspecified atom stereocenters. The lowest BCUT2D eigenvalue weighted by molar-refractivity contribution is -0.139. The Labute approximate surface area is 192 Å². The van der Waals surface area contributed by atoms with Crippen LogP contribution in [0.5, 0.6) is 11.5 Å². The van der Waals surface area contributed by atoms with Gasteiger partial charge in [-0.2, -0.15) is 10.1 Å². The van der Waals surface area contributed by atoms with Gasteiger partial charge in [0.05, 0.1) is 24.5 Å². The van der Waals surface area contributed by atoms with E-state index in [1.807, 2.05) is 4.90 Å². The van der Waals surface area contributed by atoms with Gasteiger partial charge in [0.1, 0.15) is 0 Å². The lowest BCUT2D eigenvalue weighted by atomic mass is 9.97. The number of carbonyl (C=O) groups is 3. The number of fused-ring (bicyclic) bond motifs is 1. The Morgan fingerprint density at radius 2 is 1.67 bits per heavy atom. The second-order valence-corrected chi connectivity index (χ2v) is 8.34. The van der Waals surface area contributed by atoms with E-state index in [1.165, 1.54) is 13.3 Å². The molecule has 172 valence electrons. The molecule has 0 bridgehead atoms. The summed E-state index contributed by atoms with van der Waals surface area (Å²) in [6.07, 6.45) is 4.54. The van der Waals surface area contributed by atoms with E-state index in [2.05, 4.69) is 18.9 Å². The highest BCUT2D eigenvalue weighted by molar-refractivity contribution is 6.21. The largest absolute Gasteiger partial charge is 0.493 e. The molecule has 0 radical (unpaired) electrons. The van der Waals surface area contributed by atoms with Crippen molar-refractivity contribution in [3.05, 3.63) is 59.2 Å². The summed E-state index contributed by atoms with van der Waals surface area (Å²) in [6, 6.07) is 12.1. The molecule has 0 spiro atoms. The normalized spacial score (nSPS) is 20.3. The van der Waals surface area contributed by atoms with Crippen LogP contribution in [0.2, 0.25) is 0 Å². The van der Waals surface area contributed by atoms with Gasteiger partial charge in [0, 0.05) is 12.1 Å². The fourth-order valence-electron chi connectivity index (χ4n) is 4.42. The van der Waals surface area contributed by atoms with Gasteiger partial charge in [-0.25, -0.2) is 0 Å². The number of ether oxygens (including phenoxy) is 2. The maximum atomic E-state index is 12.7. The summed E-state index contributed by atoms with van der Waals surface area (Å²) in [5.74, 6) is -0.111. The summed E-state index contributed by atoms with van der Waals surface area (Å²) < 4.78 is 11.2. The van der Waals surface area contributed by atoms with Crippen molar-refractivity contribution in [3.8, 4) is 11.5 Å². The topological polar surface area (TPSA) is 88.5 Å². The number of methoxy groups -OCH3 is 1. The van der Waals surface area contributed by atoms with Crippen molar-refractivity contribution < 1.29 is 23.9 Å². The molecule has 2 heterocycles. The summed E-state index contributed by atoms with van der Waals surface area (Å²) >= 11 is 0. The zero-order chi connectivity index (χ0) is 23.5. The third-order valence-electron chi connectivity index (χ3n) is 6.12. The summed E-state index contributed by atoms with van der Waals surface area (Å²) in [4.78, 5) is 39.5. The molecule has 4 rings (SSSR count). The third-order valence-corrected chi connectivity index (χ3v) is 6.12. The van der Waals surface area contributed by atoms with Gasteiger partial charge in [0.25, 0.3) is 17.7 Å². The molecule has 2 aliphatic rings. The molecule has 2 aromatic carbocycles. The smallest absolute Gasteiger partial charge is 0.282 e. The number of amides is 3. The molecule has 2 aliphatic heterocycles. The van der Waals surface area contributed by atoms with Crippen LogP contribution < -0.4 is 9.47 Å². The van der Waals surface area contributed by atoms with Gasteiger partial charge >= 0.3 is 0 Å². The van der Waals surface area contributed by atoms with Crippen LogP contribution in [0.25, 0.3) is 0 Å². The first-order valence-corrected chi connectivity index (χ1v) is 11.0. The van der Waals surface area contributed by atoms with Crippen LogP contribution in [0.1, 0.15) is 59.4 Å². The van der Waals surface area contributed by atoms with Crippen molar-refractivity contribution in [2.24, 2.45) is 5.10 Å². The predicted molar refractivity (Wildman–Crippen MR) is 123 cm³/mol. The number of hydrogen-bond donors (Lipinski definition) is 0. The van der Waals surface area contributed by atoms with Crippen LogP contribution in [-0.4, -0.2) is 59.6 Å². The van der Waals surface area contributed by atoms with Crippen LogP contribution in [0.3, 0.4) is 0 Å². The fraction of sp³-hybridized carbons (Fsp3) is 0.360. The van der Waals surface area contributed by atoms with E-state index in [0.29, 0.717) is 28.2 Å². The van der Waals surface area contributed by atoms with Gasteiger partial charge in [0.15, 0.2) is 18.1 Å². The van der Waals surface area contributed by atoms with E-state index in [9.17, 15) is 14.4 Å². The Kier molecular flexibility index (Phi) is 6.44. The zero-order valence-corrected chi connectivity index (χ0v) is 19.0. The summed E-state index contributed by atoms with van der Waals surface area (Å²) in [6.45, 7) is 4.06. The molecule has 0 N–H and O–H groups in total. The van der Waals surface area contributed by atoms with Crippen molar-refractivity contribution in [1.29, 1.82) is 0 Å². The van der Waals surface area contributed by atoms with Crippen LogP contribution in [0.4, 0.5) is 0 Å². The highest BCUT2D eigenvalue weighted by atomic mass is 16.5. The van der Waals surface area contributed by atoms with Crippen molar-refractivity contribution in [3.63, 3.8) is 0 Å². The summed E-state index contributed by atoms with van der Waals surface area (Å²) in [5, 5.41) is 4.93. The van der Waals surface area contributed by atoms with Crippen LogP contribution in [0.15, 0.2) is 47.6 Å². The van der Waals surface area contributed by atoms with Crippen molar-refractivity contribution >= 4 is 23.9 Å².